The number of ether oxygens (including phenoxy) is 3. The second-order valence-corrected chi connectivity index (χ2v) is 5.23. The lowest BCUT2D eigenvalue weighted by Crippen LogP contribution is -2.28. The maximum Gasteiger partial charge on any atom is 0.319 e. The van der Waals surface area contributed by atoms with Crippen LogP contribution in [0, 0.1) is 0 Å². The van der Waals surface area contributed by atoms with Crippen molar-refractivity contribution in [2.24, 2.45) is 0 Å². The van der Waals surface area contributed by atoms with E-state index in [9.17, 15) is 4.79 Å². The minimum Gasteiger partial charge on any atom is -0.490 e. The molecule has 0 aliphatic heterocycles. The van der Waals surface area contributed by atoms with Gasteiger partial charge in [-0.3, -0.25) is 4.98 Å². The smallest absolute Gasteiger partial charge is 0.319 e. The van der Waals surface area contributed by atoms with Crippen LogP contribution in [0.1, 0.15) is 26.5 Å². The average Bonchev–Trinajstić information content (AvgIpc) is 2.64. The number of benzene rings is 1. The molecule has 140 valence electrons. The fourth-order valence-electron chi connectivity index (χ4n) is 2.31. The molecule has 0 saturated heterocycles. The normalized spacial score (nSPS) is 10.1. The molecule has 0 fully saturated rings. The zero-order chi connectivity index (χ0) is 18.8. The van der Waals surface area contributed by atoms with Crippen molar-refractivity contribution >= 4 is 11.7 Å². The van der Waals surface area contributed by atoms with Crippen LogP contribution in [0.4, 0.5) is 10.5 Å². The van der Waals surface area contributed by atoms with E-state index in [0.29, 0.717) is 49.3 Å². The Hall–Kier alpha value is -2.96. The SMILES string of the molecule is CCOc1cc(NC(=O)NCc2ccccn2)cc(OCC)c1OCC. The largest absolute Gasteiger partial charge is 0.490 e. The summed E-state index contributed by atoms with van der Waals surface area (Å²) in [4.78, 5) is 16.3. The highest BCUT2D eigenvalue weighted by atomic mass is 16.5. The number of aromatic nitrogens is 1. The summed E-state index contributed by atoms with van der Waals surface area (Å²) in [5, 5.41) is 5.55. The molecule has 2 aromatic rings. The molecule has 26 heavy (non-hydrogen) atoms. The first kappa shape index (κ1) is 19.4. The number of pyridine rings is 1. The maximum absolute atomic E-state index is 12.2. The van der Waals surface area contributed by atoms with E-state index in [0.717, 1.165) is 5.69 Å². The second kappa shape index (κ2) is 10.1. The van der Waals surface area contributed by atoms with Crippen molar-refractivity contribution in [1.29, 1.82) is 0 Å². The van der Waals surface area contributed by atoms with Gasteiger partial charge in [0.1, 0.15) is 0 Å². The molecule has 7 heteroatoms. The molecular weight excluding hydrogens is 334 g/mol. The molecule has 0 saturated carbocycles. The first-order valence-corrected chi connectivity index (χ1v) is 8.69. The van der Waals surface area contributed by atoms with E-state index in [2.05, 4.69) is 15.6 Å². The van der Waals surface area contributed by atoms with Crippen LogP contribution in [0.15, 0.2) is 36.5 Å². The Morgan fingerprint density at radius 2 is 1.65 bits per heavy atom. The molecule has 2 rings (SSSR count). The summed E-state index contributed by atoms with van der Waals surface area (Å²) < 4.78 is 16.9. The van der Waals surface area contributed by atoms with Gasteiger partial charge in [0.15, 0.2) is 11.5 Å². The molecule has 1 aromatic heterocycles. The fraction of sp³-hybridized carbons (Fsp3) is 0.368. The van der Waals surface area contributed by atoms with Crippen molar-refractivity contribution < 1.29 is 19.0 Å². The van der Waals surface area contributed by atoms with Gasteiger partial charge in [0.05, 0.1) is 37.7 Å². The summed E-state index contributed by atoms with van der Waals surface area (Å²) in [7, 11) is 0. The summed E-state index contributed by atoms with van der Waals surface area (Å²) >= 11 is 0. The van der Waals surface area contributed by atoms with E-state index in [1.54, 1.807) is 18.3 Å². The predicted octanol–water partition coefficient (Wildman–Crippen LogP) is 3.60. The van der Waals surface area contributed by atoms with Crippen LogP contribution in [0.2, 0.25) is 0 Å². The minimum atomic E-state index is -0.343. The molecule has 0 bridgehead atoms. The van der Waals surface area contributed by atoms with Crippen LogP contribution in [0.25, 0.3) is 0 Å². The number of amides is 2. The molecule has 0 unspecified atom stereocenters. The summed E-state index contributed by atoms with van der Waals surface area (Å²) in [5.74, 6) is 1.59. The van der Waals surface area contributed by atoms with Gasteiger partial charge in [-0.05, 0) is 32.9 Å². The second-order valence-electron chi connectivity index (χ2n) is 5.23. The third kappa shape index (κ3) is 5.54. The Morgan fingerprint density at radius 1 is 1.00 bits per heavy atom. The minimum absolute atomic E-state index is 0.334. The average molecular weight is 359 g/mol. The molecule has 2 amide bonds. The number of hydrogen-bond donors (Lipinski definition) is 2. The molecular formula is C19H25N3O4. The summed E-state index contributed by atoms with van der Waals surface area (Å²) in [6, 6.07) is 8.64. The van der Waals surface area contributed by atoms with Crippen LogP contribution in [-0.4, -0.2) is 30.8 Å². The lowest BCUT2D eigenvalue weighted by molar-refractivity contribution is 0.251. The van der Waals surface area contributed by atoms with E-state index in [4.69, 9.17) is 14.2 Å². The van der Waals surface area contributed by atoms with E-state index >= 15 is 0 Å². The van der Waals surface area contributed by atoms with Crippen molar-refractivity contribution in [1.82, 2.24) is 10.3 Å². The van der Waals surface area contributed by atoms with Crippen LogP contribution in [0.5, 0.6) is 17.2 Å². The molecule has 0 radical (unpaired) electrons. The van der Waals surface area contributed by atoms with Crippen LogP contribution >= 0.6 is 0 Å². The Balaban J connectivity index is 2.12. The number of carbonyl (C=O) groups is 1. The highest BCUT2D eigenvalue weighted by molar-refractivity contribution is 5.90. The van der Waals surface area contributed by atoms with Crippen molar-refractivity contribution in [3.63, 3.8) is 0 Å². The first-order valence-electron chi connectivity index (χ1n) is 8.69. The van der Waals surface area contributed by atoms with Crippen molar-refractivity contribution in [3.8, 4) is 17.2 Å². The number of anilines is 1. The third-order valence-corrected chi connectivity index (χ3v) is 3.32. The van der Waals surface area contributed by atoms with E-state index < -0.39 is 0 Å². The standard InChI is InChI=1S/C19H25N3O4/c1-4-24-16-11-15(12-17(25-5-2)18(16)26-6-3)22-19(23)21-13-14-9-7-8-10-20-14/h7-12H,4-6,13H2,1-3H3,(H2,21,22,23). The van der Waals surface area contributed by atoms with E-state index in [1.807, 2.05) is 39.0 Å². The number of hydrogen-bond acceptors (Lipinski definition) is 5. The quantitative estimate of drug-likeness (QED) is 0.715. The number of nitrogens with zero attached hydrogens (tertiary/aromatic N) is 1. The highest BCUT2D eigenvalue weighted by Gasteiger charge is 2.16. The molecule has 1 aromatic carbocycles. The van der Waals surface area contributed by atoms with Gasteiger partial charge in [0.25, 0.3) is 0 Å². The molecule has 0 aliphatic rings. The summed E-state index contributed by atoms with van der Waals surface area (Å²) in [6.45, 7) is 7.42. The van der Waals surface area contributed by atoms with Crippen molar-refractivity contribution in [2.75, 3.05) is 25.1 Å². The Kier molecular flexibility index (Phi) is 7.54. The topological polar surface area (TPSA) is 81.7 Å². The fourth-order valence-corrected chi connectivity index (χ4v) is 2.31. The van der Waals surface area contributed by atoms with Gasteiger partial charge in [-0.1, -0.05) is 6.07 Å². The van der Waals surface area contributed by atoms with Gasteiger partial charge in [-0.25, -0.2) is 4.79 Å². The number of urea groups is 1. The number of nitrogens with one attached hydrogen (secondary N) is 2. The zero-order valence-corrected chi connectivity index (χ0v) is 15.4. The molecule has 2 N–H and O–H groups in total. The van der Waals surface area contributed by atoms with Crippen molar-refractivity contribution in [3.05, 3.63) is 42.2 Å². The van der Waals surface area contributed by atoms with Crippen LogP contribution in [0.3, 0.4) is 0 Å². The monoisotopic (exact) mass is 359 g/mol. The molecule has 0 aliphatic carbocycles. The van der Waals surface area contributed by atoms with Gasteiger partial charge >= 0.3 is 6.03 Å². The van der Waals surface area contributed by atoms with E-state index in [-0.39, 0.29) is 6.03 Å². The Bertz CT molecular complexity index is 680. The summed E-state index contributed by atoms with van der Waals surface area (Å²) in [6.07, 6.45) is 1.68. The first-order chi connectivity index (χ1) is 12.7. The van der Waals surface area contributed by atoms with Crippen LogP contribution in [-0.2, 0) is 6.54 Å². The van der Waals surface area contributed by atoms with E-state index in [1.165, 1.54) is 0 Å². The van der Waals surface area contributed by atoms with Crippen molar-refractivity contribution in [2.45, 2.75) is 27.3 Å². The summed E-state index contributed by atoms with van der Waals surface area (Å²) in [5.41, 5.74) is 1.33. The third-order valence-electron chi connectivity index (χ3n) is 3.32. The van der Waals surface area contributed by atoms with Gasteiger partial charge in [0, 0.05) is 18.3 Å². The van der Waals surface area contributed by atoms with Gasteiger partial charge in [-0.15, -0.1) is 0 Å². The Morgan fingerprint density at radius 3 is 2.19 bits per heavy atom. The van der Waals surface area contributed by atoms with Gasteiger partial charge in [0.2, 0.25) is 5.75 Å². The highest BCUT2D eigenvalue weighted by Crippen LogP contribution is 2.40. The lowest BCUT2D eigenvalue weighted by atomic mass is 10.2. The molecule has 7 nitrogen and oxygen atoms in total. The van der Waals surface area contributed by atoms with Gasteiger partial charge in [-0.2, -0.15) is 0 Å². The van der Waals surface area contributed by atoms with Gasteiger partial charge < -0.3 is 24.8 Å². The molecule has 0 atom stereocenters. The van der Waals surface area contributed by atoms with Crippen LogP contribution < -0.4 is 24.8 Å². The molecule has 1 heterocycles. The lowest BCUT2D eigenvalue weighted by Gasteiger charge is -2.17. The number of rotatable bonds is 9. The zero-order valence-electron chi connectivity index (χ0n) is 15.4. The molecule has 0 spiro atoms. The Labute approximate surface area is 153 Å². The number of carbonyl (C=O) groups excluding carboxylic acids is 1. The maximum atomic E-state index is 12.2. The predicted molar refractivity (Wildman–Crippen MR) is 100 cm³/mol.